The monoisotopic (exact) mass is 726 g/mol. The molecule has 6 heterocycles. The molecule has 2 bridgehead atoms. The van der Waals surface area contributed by atoms with E-state index in [0.717, 1.165) is 21.7 Å². The number of hydrogen-bond donors (Lipinski definition) is 4. The lowest BCUT2D eigenvalue weighted by Crippen LogP contribution is -2.33. The molecular formula is C22H23F3N8O9P2S2. The number of H-pyrrole nitrogens is 1. The maximum atomic E-state index is 16.0. The smallest absolute Gasteiger partial charge is 0.366 e. The molecule has 2 aliphatic rings. The first-order chi connectivity index (χ1) is 21.5. The van der Waals surface area contributed by atoms with Crippen molar-refractivity contribution in [1.29, 1.82) is 0 Å². The Morgan fingerprint density at radius 1 is 1.26 bits per heavy atom. The quantitative estimate of drug-likeness (QED) is 0.172. The summed E-state index contributed by atoms with van der Waals surface area (Å²) in [6.07, 6.45) is -4.89. The van der Waals surface area contributed by atoms with Gasteiger partial charge in [-0.1, -0.05) is 12.2 Å². The van der Waals surface area contributed by atoms with E-state index in [1.807, 2.05) is 0 Å². The van der Waals surface area contributed by atoms with Gasteiger partial charge in [-0.2, -0.15) is 0 Å². The van der Waals surface area contributed by atoms with Crippen molar-refractivity contribution in [2.24, 2.45) is 5.73 Å². The average Bonchev–Trinajstić information content (AvgIpc) is 3.63. The predicted molar refractivity (Wildman–Crippen MR) is 157 cm³/mol. The van der Waals surface area contributed by atoms with Gasteiger partial charge in [-0.3, -0.25) is 23.2 Å². The van der Waals surface area contributed by atoms with E-state index >= 15 is 13.2 Å². The first-order valence-corrected chi connectivity index (χ1v) is 18.3. The number of primary amides is 1. The van der Waals surface area contributed by atoms with Gasteiger partial charge in [0.15, 0.2) is 29.2 Å². The molecule has 0 aromatic carbocycles. The Morgan fingerprint density at radius 3 is 2.76 bits per heavy atom. The zero-order valence-electron chi connectivity index (χ0n) is 23.2. The Kier molecular flexibility index (Phi) is 8.67. The van der Waals surface area contributed by atoms with Gasteiger partial charge in [0.25, 0.3) is 11.5 Å². The number of nitrogens with two attached hydrogens (primary N) is 1. The van der Waals surface area contributed by atoms with E-state index in [4.69, 9.17) is 40.4 Å². The third-order valence-electron chi connectivity index (χ3n) is 6.88. The molecule has 6 rings (SSSR count). The van der Waals surface area contributed by atoms with Gasteiger partial charge in [0.2, 0.25) is 5.91 Å². The number of amides is 1. The standard InChI is InChI=1S/C22H23F3N8O9P2S2/c1-9-29-19-15(20(35)30-9)28-8-33(19)21-16-14(23)12(41-21)4-38-43(36,45)40-7-22(24,25)6-32-13(5-39-44(37,46)42-16)31-11-2-10(17(26)34)3-27-18(11)32/h2-3,8,12,14,16,21H,4-7H2,1H3,(H2,26,34)(H,36,45)(H,37,46)(H,29,30,35)/t12-,14-,16-,21-,43?,44?/m1/s1. The molecule has 1 saturated heterocycles. The van der Waals surface area contributed by atoms with Crippen LogP contribution in [0.5, 0.6) is 0 Å². The van der Waals surface area contributed by atoms with Gasteiger partial charge in [0, 0.05) is 6.20 Å². The molecule has 4 aromatic heterocycles. The van der Waals surface area contributed by atoms with Gasteiger partial charge >= 0.3 is 13.5 Å². The van der Waals surface area contributed by atoms with Crippen molar-refractivity contribution in [1.82, 2.24) is 34.1 Å². The Bertz CT molecular complexity index is 2010. The number of aryl methyl sites for hydroxylation is 1. The molecular weight excluding hydrogens is 703 g/mol. The minimum absolute atomic E-state index is 0.0381. The lowest BCUT2D eigenvalue weighted by molar-refractivity contribution is -0.0643. The van der Waals surface area contributed by atoms with Crippen molar-refractivity contribution in [2.45, 2.75) is 50.6 Å². The van der Waals surface area contributed by atoms with Crippen LogP contribution in [0.15, 0.2) is 23.4 Å². The van der Waals surface area contributed by atoms with Crippen molar-refractivity contribution in [3.8, 4) is 0 Å². The molecule has 248 valence electrons. The van der Waals surface area contributed by atoms with Crippen molar-refractivity contribution in [2.75, 3.05) is 13.2 Å². The molecule has 4 N–H and O–H groups in total. The Hall–Kier alpha value is -2.78. The Labute approximate surface area is 265 Å². The number of fused-ring (bicyclic) bond motifs is 6. The molecule has 0 aliphatic carbocycles. The number of pyridine rings is 1. The van der Waals surface area contributed by atoms with Crippen LogP contribution in [0.1, 0.15) is 28.2 Å². The average molecular weight is 727 g/mol. The summed E-state index contributed by atoms with van der Waals surface area (Å²) in [7, 11) is 0. The second-order valence-corrected chi connectivity index (χ2v) is 15.9. The number of aromatic nitrogens is 7. The molecule has 6 atom stereocenters. The zero-order chi connectivity index (χ0) is 33.2. The highest BCUT2D eigenvalue weighted by molar-refractivity contribution is 8.44. The van der Waals surface area contributed by atoms with Crippen LogP contribution < -0.4 is 11.3 Å². The molecule has 2 aliphatic heterocycles. The number of imidazole rings is 2. The fourth-order valence-electron chi connectivity index (χ4n) is 4.84. The minimum Gasteiger partial charge on any atom is -0.366 e. The van der Waals surface area contributed by atoms with Gasteiger partial charge in [-0.15, -0.1) is 0 Å². The molecule has 24 heteroatoms. The topological polar surface area (TPSA) is 221 Å². The number of thiol groups is 1. The lowest BCUT2D eigenvalue weighted by atomic mass is 10.1. The van der Waals surface area contributed by atoms with Crippen LogP contribution in [0.4, 0.5) is 13.2 Å². The summed E-state index contributed by atoms with van der Waals surface area (Å²) in [6.45, 7) is -11.7. The molecule has 1 fully saturated rings. The molecule has 17 nitrogen and oxygen atoms in total. The number of nitrogens with zero attached hydrogens (tertiary/aromatic N) is 6. The zero-order valence-corrected chi connectivity index (χ0v) is 26.7. The molecule has 4 aromatic rings. The number of aromatic amines is 1. The summed E-state index contributed by atoms with van der Waals surface area (Å²) in [4.78, 5) is 53.4. The van der Waals surface area contributed by atoms with Gasteiger partial charge < -0.3 is 34.0 Å². The summed E-state index contributed by atoms with van der Waals surface area (Å²) in [5.41, 5.74) is 4.27. The summed E-state index contributed by atoms with van der Waals surface area (Å²) in [5, 5.41) is 0. The first-order valence-electron chi connectivity index (χ1n) is 13.1. The molecule has 0 radical (unpaired) electrons. The van der Waals surface area contributed by atoms with Crippen LogP contribution in [-0.2, 0) is 52.4 Å². The van der Waals surface area contributed by atoms with E-state index in [1.54, 1.807) is 0 Å². The fraction of sp³-hybridized carbons (Fsp3) is 0.455. The van der Waals surface area contributed by atoms with E-state index in [-0.39, 0.29) is 39.5 Å². The van der Waals surface area contributed by atoms with Crippen molar-refractivity contribution < 1.29 is 50.3 Å². The van der Waals surface area contributed by atoms with Crippen LogP contribution in [0, 0.1) is 6.92 Å². The molecule has 2 unspecified atom stereocenters. The normalized spacial score (nSPS) is 30.8. The number of ether oxygens (including phenoxy) is 1. The van der Waals surface area contributed by atoms with Crippen molar-refractivity contribution >= 4 is 65.8 Å². The van der Waals surface area contributed by atoms with E-state index in [1.165, 1.54) is 13.0 Å². The largest absolute Gasteiger partial charge is 0.387 e. The highest BCUT2D eigenvalue weighted by Crippen LogP contribution is 2.58. The highest BCUT2D eigenvalue weighted by atomic mass is 32.7. The second kappa shape index (κ2) is 12.0. The minimum atomic E-state index is -4.58. The number of carbonyl (C=O) groups is 1. The van der Waals surface area contributed by atoms with Gasteiger partial charge in [0.1, 0.15) is 42.6 Å². The third kappa shape index (κ3) is 6.64. The Morgan fingerprint density at radius 2 is 2.02 bits per heavy atom. The fourth-order valence-corrected chi connectivity index (χ4v) is 7.31. The van der Waals surface area contributed by atoms with Crippen molar-refractivity contribution in [3.05, 3.63) is 46.2 Å². The molecule has 0 spiro atoms. The lowest BCUT2D eigenvalue weighted by Gasteiger charge is -2.25. The second-order valence-electron chi connectivity index (χ2n) is 10.2. The maximum Gasteiger partial charge on any atom is 0.387 e. The number of carbonyl (C=O) groups excluding carboxylic acids is 1. The van der Waals surface area contributed by atoms with Crippen LogP contribution in [0.3, 0.4) is 0 Å². The summed E-state index contributed by atoms with van der Waals surface area (Å²) >= 11 is 8.84. The van der Waals surface area contributed by atoms with E-state index in [0.29, 0.717) is 0 Å². The number of halogens is 3. The van der Waals surface area contributed by atoms with Gasteiger partial charge in [0.05, 0.1) is 25.0 Å². The number of nitrogens with one attached hydrogen (secondary N) is 1. The predicted octanol–water partition coefficient (Wildman–Crippen LogP) is 2.05. The number of rotatable bonds is 2. The SMILES string of the molecule is Cc1nc2c(ncn2[C@@H]2O[C@@H]3COP(O)(=S)OCC(F)(F)Cn4c(nc5cc(C(N)=O)cnc54)COP(=O)(S)O[C@@H]2[C@@H]3F)c(=O)[nH]1. The highest BCUT2D eigenvalue weighted by Gasteiger charge is 2.51. The van der Waals surface area contributed by atoms with Crippen LogP contribution in [0.25, 0.3) is 22.3 Å². The number of alkyl halides is 3. The molecule has 1 amide bonds. The maximum absolute atomic E-state index is 16.0. The summed E-state index contributed by atoms with van der Waals surface area (Å²) < 4.78 is 88.6. The Balaban J connectivity index is 1.40. The number of hydrogen-bond acceptors (Lipinski definition) is 13. The van der Waals surface area contributed by atoms with Gasteiger partial charge in [-0.25, -0.2) is 37.7 Å². The first kappa shape index (κ1) is 33.1. The van der Waals surface area contributed by atoms with E-state index < -0.39 is 81.9 Å². The molecule has 46 heavy (non-hydrogen) atoms. The van der Waals surface area contributed by atoms with Crippen LogP contribution in [-0.4, -0.2) is 82.4 Å². The van der Waals surface area contributed by atoms with Crippen molar-refractivity contribution in [3.63, 3.8) is 0 Å². The summed E-state index contributed by atoms with van der Waals surface area (Å²) in [5.74, 6) is -4.69. The molecule has 0 saturated carbocycles. The van der Waals surface area contributed by atoms with E-state index in [9.17, 15) is 19.0 Å². The summed E-state index contributed by atoms with van der Waals surface area (Å²) in [6, 6.07) is 1.20. The van der Waals surface area contributed by atoms with E-state index in [2.05, 4.69) is 37.2 Å². The van der Waals surface area contributed by atoms with Gasteiger partial charge in [-0.05, 0) is 24.8 Å². The third-order valence-corrected chi connectivity index (χ3v) is 10.0. The van der Waals surface area contributed by atoms with Crippen LogP contribution in [0.2, 0.25) is 0 Å². The van der Waals surface area contributed by atoms with Crippen LogP contribution >= 0.6 is 25.8 Å².